The second kappa shape index (κ2) is 12.7. The van der Waals surface area contributed by atoms with Gasteiger partial charge in [-0.1, -0.05) is 5.16 Å². The second-order valence-corrected chi connectivity index (χ2v) is 13.8. The van der Waals surface area contributed by atoms with Gasteiger partial charge in [0.25, 0.3) is 12.0 Å². The molecule has 2 amide bonds. The third-order valence-electron chi connectivity index (χ3n) is 8.34. The fourth-order valence-corrected chi connectivity index (χ4v) is 6.38. The van der Waals surface area contributed by atoms with Gasteiger partial charge in [-0.05, 0) is 32.0 Å². The Balaban J connectivity index is 1.30. The number of nitrogen functional groups attached to an aromatic ring is 1. The number of oxime groups is 1. The van der Waals surface area contributed by atoms with Crippen molar-refractivity contribution in [2.24, 2.45) is 29.3 Å². The first kappa shape index (κ1) is 34.6. The number of thiazole rings is 1. The molecule has 3 aromatic rings. The monoisotopic (exact) mass is 709 g/mol. The van der Waals surface area contributed by atoms with Crippen molar-refractivity contribution in [1.82, 2.24) is 20.0 Å². The summed E-state index contributed by atoms with van der Waals surface area (Å²) in [5, 5.41) is 19.3. The zero-order valence-electron chi connectivity index (χ0n) is 25.9. The average Bonchev–Trinajstić information content (AvgIpc) is 3.54. The molecule has 0 spiro atoms. The van der Waals surface area contributed by atoms with Gasteiger partial charge in [0.2, 0.25) is 12.1 Å². The minimum Gasteiger partial charge on any atom is -0.489 e. The van der Waals surface area contributed by atoms with E-state index in [4.69, 9.17) is 25.6 Å². The Kier molecular flexibility index (Phi) is 9.18. The van der Waals surface area contributed by atoms with Crippen LogP contribution in [0.5, 0.6) is 5.75 Å². The molecule has 0 saturated carbocycles. The number of carboxylic acid groups (broad SMARTS) is 1. The minimum absolute atomic E-state index is 0.0400. The zero-order valence-corrected chi connectivity index (χ0v) is 27.5. The number of ketones is 1. The van der Waals surface area contributed by atoms with Gasteiger partial charge < -0.3 is 31.5 Å². The van der Waals surface area contributed by atoms with Crippen LogP contribution in [0.2, 0.25) is 0 Å². The number of nitrogens with two attached hydrogens (primary N) is 2. The molecule has 2 saturated heterocycles. The number of hydrogen-bond acceptors (Lipinski definition) is 14. The molecule has 0 aliphatic carbocycles. The first-order valence-corrected chi connectivity index (χ1v) is 16.5. The number of carbonyl (C=O) groups excluding carboxylic acids is 3. The van der Waals surface area contributed by atoms with Crippen molar-refractivity contribution in [3.05, 3.63) is 35.5 Å². The molecule has 2 atom stereocenters. The maximum atomic E-state index is 13.4. The number of anilines is 1. The number of β-lactam (4-membered cyclic amide) rings is 1. The Morgan fingerprint density at radius 3 is 2.54 bits per heavy atom. The first-order valence-electron chi connectivity index (χ1n) is 14.3. The number of carbonyl (C=O) groups is 4. The molecule has 2 fully saturated rings. The Morgan fingerprint density at radius 1 is 1.29 bits per heavy atom. The molecular formula is C27H33N8O11S2+. The van der Waals surface area contributed by atoms with Crippen LogP contribution in [-0.2, 0) is 52.3 Å². The summed E-state index contributed by atoms with van der Waals surface area (Å²) in [7, 11) is -3.17. The van der Waals surface area contributed by atoms with E-state index in [-0.39, 0.29) is 10.8 Å². The van der Waals surface area contributed by atoms with Gasteiger partial charge in [0, 0.05) is 24.9 Å². The van der Waals surface area contributed by atoms with Gasteiger partial charge in [-0.3, -0.25) is 18.9 Å². The van der Waals surface area contributed by atoms with Crippen molar-refractivity contribution in [1.29, 1.82) is 0 Å². The summed E-state index contributed by atoms with van der Waals surface area (Å²) in [6.07, 6.45) is -0.387. The van der Waals surface area contributed by atoms with Gasteiger partial charge in [0.1, 0.15) is 29.0 Å². The average molecular weight is 710 g/mol. The number of ether oxygens (including phenoxy) is 1. The normalized spacial score (nSPS) is 19.3. The Hall–Kier alpha value is -4.70. The number of rotatable bonds is 15. The Morgan fingerprint density at radius 2 is 2.00 bits per heavy atom. The number of aryl methyl sites for hydroxylation is 1. The highest BCUT2D eigenvalue weighted by Crippen LogP contribution is 2.40. The molecule has 19 nitrogen and oxygen atoms in total. The lowest BCUT2D eigenvalue weighted by atomic mass is 9.74. The van der Waals surface area contributed by atoms with Crippen LogP contribution in [0.3, 0.4) is 0 Å². The number of nitrogens with one attached hydrogen (secondary N) is 1. The summed E-state index contributed by atoms with van der Waals surface area (Å²) in [6, 6.07) is 5.08. The van der Waals surface area contributed by atoms with Gasteiger partial charge in [0.05, 0.1) is 23.9 Å². The molecular weight excluding hydrogens is 676 g/mol. The molecule has 21 heteroatoms. The maximum absolute atomic E-state index is 13.4. The minimum atomic E-state index is -5.00. The largest absolute Gasteiger partial charge is 0.489 e. The van der Waals surface area contributed by atoms with Crippen molar-refractivity contribution >= 4 is 67.0 Å². The van der Waals surface area contributed by atoms with E-state index < -0.39 is 75.7 Å². The lowest BCUT2D eigenvalue weighted by molar-refractivity contribution is -0.780. The van der Waals surface area contributed by atoms with Gasteiger partial charge >= 0.3 is 16.4 Å². The zero-order chi connectivity index (χ0) is 35.2. The number of hydroxylamine groups is 2. The van der Waals surface area contributed by atoms with E-state index in [1.54, 1.807) is 18.2 Å². The number of amides is 2. The Bertz CT molecular complexity index is 1930. The molecule has 7 N–H and O–H groups in total. The predicted octanol–water partition coefficient (Wildman–Crippen LogP) is -1.24. The highest BCUT2D eigenvalue weighted by atomic mass is 32.3. The number of aromatic nitrogens is 3. The molecule has 2 aromatic heterocycles. The van der Waals surface area contributed by atoms with Gasteiger partial charge in [-0.25, -0.2) is 9.78 Å². The highest BCUT2D eigenvalue weighted by Gasteiger charge is 2.57. The van der Waals surface area contributed by atoms with E-state index in [0.717, 1.165) is 22.2 Å². The summed E-state index contributed by atoms with van der Waals surface area (Å²) in [5.74, 6) is -4.33. The van der Waals surface area contributed by atoms with E-state index in [0.29, 0.717) is 30.4 Å². The van der Waals surface area contributed by atoms with Crippen molar-refractivity contribution < 1.29 is 55.8 Å². The molecule has 48 heavy (non-hydrogen) atoms. The van der Waals surface area contributed by atoms with Crippen LogP contribution >= 0.6 is 11.3 Å². The van der Waals surface area contributed by atoms with Crippen molar-refractivity contribution in [3.63, 3.8) is 0 Å². The summed E-state index contributed by atoms with van der Waals surface area (Å²) < 4.78 is 45.0. The third-order valence-corrected chi connectivity index (χ3v) is 9.36. The molecule has 258 valence electrons. The topological polar surface area (TPSA) is 272 Å². The molecule has 1 aromatic carbocycles. The van der Waals surface area contributed by atoms with Crippen LogP contribution in [0.25, 0.3) is 10.9 Å². The quantitative estimate of drug-likeness (QED) is 0.0406. The molecule has 2 aliphatic rings. The van der Waals surface area contributed by atoms with Gasteiger partial charge in [0.15, 0.2) is 23.2 Å². The highest BCUT2D eigenvalue weighted by molar-refractivity contribution is 7.80. The lowest BCUT2D eigenvalue weighted by Gasteiger charge is -2.50. The SMILES string of the molecule is Cn1c2ccc(OC[C@H](O/N=C(\C(=O)C[C@@H]3C(=O)N(OS(=O)(=O)O)C3(C)C)c3csc(N)n3)C(=O)O)cc2c[n+]1CC1(C(N)=O)CNC1. The van der Waals surface area contributed by atoms with Crippen LogP contribution in [0.4, 0.5) is 5.13 Å². The van der Waals surface area contributed by atoms with E-state index in [1.165, 1.54) is 19.2 Å². The second-order valence-electron chi connectivity index (χ2n) is 11.9. The first-order chi connectivity index (χ1) is 22.4. The number of hydrogen-bond donors (Lipinski definition) is 5. The van der Waals surface area contributed by atoms with E-state index in [9.17, 15) is 32.7 Å². The van der Waals surface area contributed by atoms with Crippen LogP contribution in [0, 0.1) is 11.3 Å². The summed E-state index contributed by atoms with van der Waals surface area (Å²) >= 11 is 0.974. The fourth-order valence-electron chi connectivity index (χ4n) is 5.38. The van der Waals surface area contributed by atoms with Crippen molar-refractivity contribution in [3.8, 4) is 5.75 Å². The number of aliphatic carboxylic acids is 1. The summed E-state index contributed by atoms with van der Waals surface area (Å²) in [6.45, 7) is 3.60. The fraction of sp³-hybridized carbons (Fsp3) is 0.444. The van der Waals surface area contributed by atoms with Gasteiger partial charge in [-0.2, -0.15) is 18.2 Å². The van der Waals surface area contributed by atoms with E-state index in [2.05, 4.69) is 19.7 Å². The number of fused-ring (bicyclic) bond motifs is 1. The molecule has 4 heterocycles. The standard InChI is InChI=1S/C27H32N8O11S2/c1-26(2)16(22(37)35(26)46-48(41,42)43)7-19(36)21(17-10-47-25(29)31-17)32-45-20(23(38)39)9-44-15-4-5-18-14(6-15)8-34(33(18)3)13-27(24(28)40)11-30-12-27/h4-6,8,10,16,20,30H,7,9,11-13H2,1-3H3,(H5-,28,29,31,38,39,40,41,42,43)/p+1/b32-21-/t16-,20+/m1/s1. The third kappa shape index (κ3) is 6.80. The van der Waals surface area contributed by atoms with Crippen molar-refractivity contribution in [2.45, 2.75) is 38.5 Å². The molecule has 0 radical (unpaired) electrons. The van der Waals surface area contributed by atoms with Gasteiger partial charge in [-0.15, -0.1) is 20.3 Å². The Labute approximate surface area is 276 Å². The number of nitrogens with zero attached hydrogens (tertiary/aromatic N) is 5. The summed E-state index contributed by atoms with van der Waals surface area (Å²) in [4.78, 5) is 59.3. The number of primary amides is 1. The predicted molar refractivity (Wildman–Crippen MR) is 165 cm³/mol. The van der Waals surface area contributed by atoms with Crippen LogP contribution < -0.4 is 26.2 Å². The van der Waals surface area contributed by atoms with Crippen LogP contribution in [0.1, 0.15) is 26.0 Å². The van der Waals surface area contributed by atoms with Crippen LogP contribution in [0.15, 0.2) is 34.9 Å². The lowest BCUT2D eigenvalue weighted by Crippen LogP contribution is -2.68. The smallest absolute Gasteiger partial charge is 0.418 e. The maximum Gasteiger partial charge on any atom is 0.418 e. The number of carboxylic acids is 1. The molecule has 2 aliphatic heterocycles. The summed E-state index contributed by atoms with van der Waals surface area (Å²) in [5.41, 5.74) is 9.67. The van der Waals surface area contributed by atoms with E-state index in [1.807, 2.05) is 22.6 Å². The van der Waals surface area contributed by atoms with E-state index >= 15 is 0 Å². The number of Topliss-reactive ketones (excluding diaryl/α,β-unsaturated/α-hetero) is 1. The van der Waals surface area contributed by atoms with Crippen LogP contribution in [-0.4, -0.2) is 93.4 Å². The number of benzene rings is 1. The molecule has 0 unspecified atom stereocenters. The molecule has 5 rings (SSSR count). The van der Waals surface area contributed by atoms with Crippen molar-refractivity contribution in [2.75, 3.05) is 25.4 Å². The molecule has 0 bridgehead atoms.